The lowest BCUT2D eigenvalue weighted by Crippen LogP contribution is -2.20. The summed E-state index contributed by atoms with van der Waals surface area (Å²) in [5, 5.41) is 0. The molecule has 144 valence electrons. The largest absolute Gasteiger partial charge is 0.330 e. The van der Waals surface area contributed by atoms with Crippen molar-refractivity contribution in [2.45, 2.75) is 70.6 Å². The third-order valence-electron chi connectivity index (χ3n) is 5.75. The molecule has 3 rings (SSSR count). The van der Waals surface area contributed by atoms with Crippen LogP contribution in [0.4, 0.5) is 0 Å². The summed E-state index contributed by atoms with van der Waals surface area (Å²) in [4.78, 5) is 1.39. The van der Waals surface area contributed by atoms with E-state index in [1.54, 1.807) is 11.9 Å². The van der Waals surface area contributed by atoms with Crippen molar-refractivity contribution in [2.75, 3.05) is 0 Å². The molecule has 0 unspecified atom stereocenters. The first-order valence-corrected chi connectivity index (χ1v) is 11.2. The highest BCUT2D eigenvalue weighted by Crippen LogP contribution is 2.37. The van der Waals surface area contributed by atoms with Crippen LogP contribution < -0.4 is 4.72 Å². The van der Waals surface area contributed by atoms with Crippen molar-refractivity contribution >= 4 is 11.9 Å². The van der Waals surface area contributed by atoms with Crippen LogP contribution in [0.25, 0.3) is 11.1 Å². The lowest BCUT2D eigenvalue weighted by molar-refractivity contribution is 0.362. The lowest BCUT2D eigenvalue weighted by Gasteiger charge is -2.28. The predicted octanol–water partition coefficient (Wildman–Crippen LogP) is 7.61. The van der Waals surface area contributed by atoms with E-state index in [-0.39, 0.29) is 0 Å². The molecular weight excluding hydrogens is 346 g/mol. The normalized spacial score (nSPS) is 14.0. The van der Waals surface area contributed by atoms with Gasteiger partial charge in [0.15, 0.2) is 0 Å². The molecule has 0 heterocycles. The van der Waals surface area contributed by atoms with Crippen LogP contribution in [0.5, 0.6) is 0 Å². The van der Waals surface area contributed by atoms with E-state index in [2.05, 4.69) is 68.5 Å². The minimum atomic E-state index is 0.668. The Morgan fingerprint density at radius 1 is 1.15 bits per heavy atom. The van der Waals surface area contributed by atoms with Crippen molar-refractivity contribution < 1.29 is 0 Å². The Bertz CT molecular complexity index is 789. The Morgan fingerprint density at radius 3 is 2.63 bits per heavy atom. The van der Waals surface area contributed by atoms with Crippen LogP contribution in [-0.4, -0.2) is 0 Å². The first-order chi connectivity index (χ1) is 13.1. The third-order valence-corrected chi connectivity index (χ3v) is 6.89. The molecule has 0 radical (unpaired) electrons. The summed E-state index contributed by atoms with van der Waals surface area (Å²) in [5.74, 6) is 0.668. The molecule has 0 aliphatic heterocycles. The van der Waals surface area contributed by atoms with Gasteiger partial charge in [-0.25, -0.2) is 0 Å². The van der Waals surface area contributed by atoms with Crippen LogP contribution in [0, 0.1) is 19.8 Å². The van der Waals surface area contributed by atoms with Gasteiger partial charge >= 0.3 is 0 Å². The molecule has 1 N–H and O–H groups in total. The zero-order valence-corrected chi connectivity index (χ0v) is 17.9. The van der Waals surface area contributed by atoms with Crippen molar-refractivity contribution in [3.05, 3.63) is 65.4 Å². The average molecular weight is 380 g/mol. The third kappa shape index (κ3) is 4.99. The summed E-state index contributed by atoms with van der Waals surface area (Å²) in [6, 6.07) is 13.5. The Hall–Kier alpha value is -1.67. The van der Waals surface area contributed by atoms with Gasteiger partial charge in [0.2, 0.25) is 0 Å². The number of unbranched alkanes of at least 4 members (excludes halogenated alkanes) is 2. The lowest BCUT2D eigenvalue weighted by atomic mass is 9.84. The molecule has 0 spiro atoms. The summed E-state index contributed by atoms with van der Waals surface area (Å²) < 4.78 is 3.58. The summed E-state index contributed by atoms with van der Waals surface area (Å²) in [6.07, 6.45) is 8.90. The van der Waals surface area contributed by atoms with Gasteiger partial charge in [0.05, 0.1) is 0 Å². The molecule has 1 aliphatic carbocycles. The van der Waals surface area contributed by atoms with Crippen LogP contribution in [-0.2, 0) is 6.42 Å². The maximum absolute atomic E-state index is 4.29. The van der Waals surface area contributed by atoms with E-state index >= 15 is 0 Å². The van der Waals surface area contributed by atoms with Crippen molar-refractivity contribution in [1.82, 2.24) is 4.72 Å². The molecular formula is C25H33NS. The molecule has 1 fully saturated rings. The molecule has 1 nitrogen and oxygen atoms in total. The quantitative estimate of drug-likeness (QED) is 0.355. The zero-order valence-electron chi connectivity index (χ0n) is 17.1. The van der Waals surface area contributed by atoms with Gasteiger partial charge < -0.3 is 4.72 Å². The average Bonchev–Trinajstić information content (AvgIpc) is 2.60. The fraction of sp³-hybridized carbons (Fsp3) is 0.440. The van der Waals surface area contributed by atoms with Crippen LogP contribution >= 0.6 is 11.9 Å². The number of hydrogen-bond donors (Lipinski definition) is 1. The first-order valence-electron chi connectivity index (χ1n) is 10.4. The first kappa shape index (κ1) is 20.1. The zero-order chi connectivity index (χ0) is 19.2. The van der Waals surface area contributed by atoms with Gasteiger partial charge in [-0.2, -0.15) is 0 Å². The summed E-state index contributed by atoms with van der Waals surface area (Å²) in [7, 11) is 0. The molecule has 0 bridgehead atoms. The molecule has 2 aromatic rings. The van der Waals surface area contributed by atoms with E-state index in [9.17, 15) is 0 Å². The van der Waals surface area contributed by atoms with Gasteiger partial charge in [0.1, 0.15) is 0 Å². The molecule has 2 aromatic carbocycles. The van der Waals surface area contributed by atoms with Crippen molar-refractivity contribution in [3.63, 3.8) is 0 Å². The van der Waals surface area contributed by atoms with Gasteiger partial charge in [-0.05, 0) is 79.7 Å². The van der Waals surface area contributed by atoms with Gasteiger partial charge in [0.25, 0.3) is 0 Å². The van der Waals surface area contributed by atoms with Crippen molar-refractivity contribution in [2.24, 2.45) is 5.92 Å². The highest BCUT2D eigenvalue weighted by atomic mass is 32.2. The fourth-order valence-electron chi connectivity index (χ4n) is 3.73. The van der Waals surface area contributed by atoms with Crippen LogP contribution in [0.1, 0.15) is 62.1 Å². The molecule has 0 amide bonds. The van der Waals surface area contributed by atoms with Crippen LogP contribution in [0.2, 0.25) is 0 Å². The number of allylic oxidation sites excluding steroid dienone is 1. The highest BCUT2D eigenvalue weighted by Gasteiger charge is 2.21. The number of aryl methyl sites for hydroxylation is 2. The van der Waals surface area contributed by atoms with Crippen molar-refractivity contribution in [3.8, 4) is 11.1 Å². The van der Waals surface area contributed by atoms with E-state index < -0.39 is 0 Å². The second-order valence-electron chi connectivity index (χ2n) is 7.91. The Labute approximate surface area is 169 Å². The van der Waals surface area contributed by atoms with Gasteiger partial charge in [-0.1, -0.05) is 74.7 Å². The second-order valence-corrected chi connectivity index (χ2v) is 8.73. The molecule has 27 heavy (non-hydrogen) atoms. The molecule has 2 heteroatoms. The SMILES string of the molecule is C=C(NSc1c(CCCCC)ccc(-c2cccc(C)c2)c1C)C1CCC1. The standard InChI is InChI=1S/C25H33NS/c1-5-6-7-11-22-15-16-24(23-14-8-10-18(2)17-23)19(3)25(22)27-26-20(4)21-12-9-13-21/h8,10,14-17,21,26H,4-7,9,11-13H2,1-3H3. The maximum Gasteiger partial charge on any atom is 0.0352 e. The summed E-state index contributed by atoms with van der Waals surface area (Å²) >= 11 is 1.78. The van der Waals surface area contributed by atoms with Crippen LogP contribution in [0.3, 0.4) is 0 Å². The Morgan fingerprint density at radius 2 is 1.96 bits per heavy atom. The van der Waals surface area contributed by atoms with Crippen LogP contribution in [0.15, 0.2) is 53.6 Å². The van der Waals surface area contributed by atoms with E-state index in [1.807, 2.05) is 0 Å². The van der Waals surface area contributed by atoms with E-state index in [1.165, 1.54) is 76.9 Å². The predicted molar refractivity (Wildman–Crippen MR) is 120 cm³/mol. The van der Waals surface area contributed by atoms with E-state index in [0.29, 0.717) is 5.92 Å². The molecule has 0 atom stereocenters. The summed E-state index contributed by atoms with van der Waals surface area (Å²) in [5.41, 5.74) is 8.02. The second kappa shape index (κ2) is 9.50. The number of rotatable bonds is 9. The minimum absolute atomic E-state index is 0.668. The molecule has 0 saturated heterocycles. The molecule has 1 aliphatic rings. The fourth-order valence-corrected chi connectivity index (χ4v) is 4.70. The molecule has 1 saturated carbocycles. The highest BCUT2D eigenvalue weighted by molar-refractivity contribution is 7.97. The van der Waals surface area contributed by atoms with E-state index in [4.69, 9.17) is 0 Å². The molecule has 0 aromatic heterocycles. The van der Waals surface area contributed by atoms with E-state index in [0.717, 1.165) is 6.42 Å². The Balaban J connectivity index is 1.87. The van der Waals surface area contributed by atoms with Gasteiger partial charge in [-0.3, -0.25) is 0 Å². The van der Waals surface area contributed by atoms with Gasteiger partial charge in [-0.15, -0.1) is 0 Å². The van der Waals surface area contributed by atoms with Gasteiger partial charge in [0, 0.05) is 10.6 Å². The monoisotopic (exact) mass is 379 g/mol. The van der Waals surface area contributed by atoms with Crippen molar-refractivity contribution in [1.29, 1.82) is 0 Å². The number of benzene rings is 2. The topological polar surface area (TPSA) is 12.0 Å². The minimum Gasteiger partial charge on any atom is -0.330 e. The maximum atomic E-state index is 4.29. The Kier molecular flexibility index (Phi) is 7.07. The number of hydrogen-bond acceptors (Lipinski definition) is 2. The number of nitrogens with one attached hydrogen (secondary N) is 1. The summed E-state index contributed by atoms with van der Waals surface area (Å²) in [6.45, 7) is 11.0. The smallest absolute Gasteiger partial charge is 0.0352 e.